The first-order valence-corrected chi connectivity index (χ1v) is 10.6. The van der Waals surface area contributed by atoms with Gasteiger partial charge >= 0.3 is 5.97 Å². The molecule has 2 aromatic rings. The third-order valence-corrected chi connectivity index (χ3v) is 4.76. The van der Waals surface area contributed by atoms with E-state index < -0.39 is 6.10 Å². The Bertz CT molecular complexity index is 844. The Labute approximate surface area is 188 Å². The topological polar surface area (TPSA) is 125 Å². The van der Waals surface area contributed by atoms with Crippen LogP contribution in [0.2, 0.25) is 0 Å². The molecule has 10 heteroatoms. The SMILES string of the molecule is CCCC(=O)OC[C@@H](O)CN[C@H](c1nc(-c2cc(OC)c(OC)c(OC)c2)no1)C(C)C. The van der Waals surface area contributed by atoms with E-state index in [1.165, 1.54) is 21.3 Å². The van der Waals surface area contributed by atoms with Crippen LogP contribution in [-0.4, -0.2) is 61.8 Å². The molecule has 0 aliphatic rings. The highest BCUT2D eigenvalue weighted by Gasteiger charge is 2.25. The number of nitrogens with zero attached hydrogens (tertiary/aromatic N) is 2. The molecule has 0 amide bonds. The van der Waals surface area contributed by atoms with Crippen LogP contribution < -0.4 is 19.5 Å². The smallest absolute Gasteiger partial charge is 0.305 e. The molecule has 2 atom stereocenters. The highest BCUT2D eigenvalue weighted by atomic mass is 16.5. The summed E-state index contributed by atoms with van der Waals surface area (Å²) in [6.07, 6.45) is 0.184. The lowest BCUT2D eigenvalue weighted by Crippen LogP contribution is -2.35. The van der Waals surface area contributed by atoms with Crippen molar-refractivity contribution >= 4 is 5.97 Å². The van der Waals surface area contributed by atoms with Crippen LogP contribution in [0, 0.1) is 5.92 Å². The molecule has 0 radical (unpaired) electrons. The molecule has 0 bridgehead atoms. The van der Waals surface area contributed by atoms with Crippen LogP contribution in [-0.2, 0) is 9.53 Å². The normalized spacial score (nSPS) is 13.0. The number of esters is 1. The van der Waals surface area contributed by atoms with Crippen LogP contribution in [0.5, 0.6) is 17.2 Å². The molecule has 0 saturated carbocycles. The second kappa shape index (κ2) is 12.3. The van der Waals surface area contributed by atoms with Crippen LogP contribution in [0.3, 0.4) is 0 Å². The van der Waals surface area contributed by atoms with E-state index in [4.69, 9.17) is 23.5 Å². The van der Waals surface area contributed by atoms with Crippen molar-refractivity contribution in [1.82, 2.24) is 15.5 Å². The zero-order valence-corrected chi connectivity index (χ0v) is 19.5. The molecular formula is C22H33N3O7. The van der Waals surface area contributed by atoms with Crippen molar-refractivity contribution < 1.29 is 33.4 Å². The minimum absolute atomic E-state index is 0.0723. The molecule has 0 aliphatic heterocycles. The number of carbonyl (C=O) groups excluding carboxylic acids is 1. The number of rotatable bonds is 13. The Morgan fingerprint density at radius 2 is 1.81 bits per heavy atom. The maximum absolute atomic E-state index is 11.5. The number of hydrogen-bond acceptors (Lipinski definition) is 10. The van der Waals surface area contributed by atoms with Gasteiger partial charge in [0.1, 0.15) is 12.7 Å². The van der Waals surface area contributed by atoms with Gasteiger partial charge in [0.15, 0.2) is 11.5 Å². The number of aliphatic hydroxyl groups excluding tert-OH is 1. The van der Waals surface area contributed by atoms with Crippen molar-refractivity contribution in [2.24, 2.45) is 5.92 Å². The van der Waals surface area contributed by atoms with Crippen LogP contribution in [0.25, 0.3) is 11.4 Å². The van der Waals surface area contributed by atoms with Gasteiger partial charge in [0.25, 0.3) is 0 Å². The van der Waals surface area contributed by atoms with Gasteiger partial charge in [-0.05, 0) is 24.5 Å². The monoisotopic (exact) mass is 451 g/mol. The second-order valence-electron chi connectivity index (χ2n) is 7.59. The van der Waals surface area contributed by atoms with E-state index in [1.807, 2.05) is 20.8 Å². The van der Waals surface area contributed by atoms with Gasteiger partial charge in [-0.3, -0.25) is 4.79 Å². The van der Waals surface area contributed by atoms with E-state index >= 15 is 0 Å². The van der Waals surface area contributed by atoms with E-state index in [-0.39, 0.29) is 31.1 Å². The summed E-state index contributed by atoms with van der Waals surface area (Å²) in [5, 5.41) is 17.5. The van der Waals surface area contributed by atoms with Crippen molar-refractivity contribution in [2.45, 2.75) is 45.8 Å². The summed E-state index contributed by atoms with van der Waals surface area (Å²) in [6, 6.07) is 3.17. The molecule has 0 aliphatic carbocycles. The van der Waals surface area contributed by atoms with Crippen molar-refractivity contribution in [3.05, 3.63) is 18.0 Å². The Morgan fingerprint density at radius 3 is 2.34 bits per heavy atom. The number of benzene rings is 1. The summed E-state index contributed by atoms with van der Waals surface area (Å²) in [5.41, 5.74) is 0.639. The Morgan fingerprint density at radius 1 is 1.16 bits per heavy atom. The van der Waals surface area contributed by atoms with Crippen LogP contribution in [0.4, 0.5) is 0 Å². The predicted octanol–water partition coefficient (Wildman–Crippen LogP) is 2.75. The molecule has 0 fully saturated rings. The summed E-state index contributed by atoms with van der Waals surface area (Å²) in [7, 11) is 4.60. The molecular weight excluding hydrogens is 418 g/mol. The number of carbonyl (C=O) groups is 1. The van der Waals surface area contributed by atoms with E-state index in [2.05, 4.69) is 15.5 Å². The predicted molar refractivity (Wildman–Crippen MR) is 117 cm³/mol. The van der Waals surface area contributed by atoms with Crippen LogP contribution >= 0.6 is 0 Å². The number of methoxy groups -OCH3 is 3. The molecule has 0 unspecified atom stereocenters. The molecule has 178 valence electrons. The molecule has 2 rings (SSSR count). The molecule has 1 heterocycles. The van der Waals surface area contributed by atoms with Gasteiger partial charge in [0.2, 0.25) is 17.5 Å². The third kappa shape index (κ3) is 6.57. The van der Waals surface area contributed by atoms with Crippen molar-refractivity contribution in [3.63, 3.8) is 0 Å². The quantitative estimate of drug-likeness (QED) is 0.439. The molecule has 10 nitrogen and oxygen atoms in total. The van der Waals surface area contributed by atoms with Gasteiger partial charge in [-0.2, -0.15) is 4.98 Å². The number of nitrogens with one attached hydrogen (secondary N) is 1. The summed E-state index contributed by atoms with van der Waals surface area (Å²) >= 11 is 0. The fourth-order valence-electron chi connectivity index (χ4n) is 3.08. The Hall–Kier alpha value is -2.85. The fraction of sp³-hybridized carbons (Fsp3) is 0.591. The van der Waals surface area contributed by atoms with Crippen molar-refractivity contribution in [1.29, 1.82) is 0 Å². The summed E-state index contributed by atoms with van der Waals surface area (Å²) in [4.78, 5) is 16.0. The maximum Gasteiger partial charge on any atom is 0.305 e. The first kappa shape index (κ1) is 25.4. The lowest BCUT2D eigenvalue weighted by molar-refractivity contribution is -0.146. The van der Waals surface area contributed by atoms with Gasteiger partial charge in [0, 0.05) is 18.5 Å². The lowest BCUT2D eigenvalue weighted by Gasteiger charge is -2.20. The number of hydrogen-bond donors (Lipinski definition) is 2. The van der Waals surface area contributed by atoms with E-state index in [0.717, 1.165) is 0 Å². The number of aliphatic hydroxyl groups is 1. The Balaban J connectivity index is 2.13. The molecule has 1 aromatic heterocycles. The van der Waals surface area contributed by atoms with Crippen molar-refractivity contribution in [2.75, 3.05) is 34.5 Å². The van der Waals surface area contributed by atoms with Gasteiger partial charge in [-0.25, -0.2) is 0 Å². The van der Waals surface area contributed by atoms with E-state index in [0.29, 0.717) is 47.4 Å². The molecule has 2 N–H and O–H groups in total. The highest BCUT2D eigenvalue weighted by molar-refractivity contribution is 5.69. The average Bonchev–Trinajstić information content (AvgIpc) is 3.26. The minimum Gasteiger partial charge on any atom is -0.493 e. The first-order valence-electron chi connectivity index (χ1n) is 10.6. The lowest BCUT2D eigenvalue weighted by atomic mass is 10.0. The minimum atomic E-state index is -0.852. The second-order valence-corrected chi connectivity index (χ2v) is 7.59. The summed E-state index contributed by atoms with van der Waals surface area (Å²) in [5.74, 6) is 1.94. The molecule has 0 saturated heterocycles. The molecule has 0 spiro atoms. The van der Waals surface area contributed by atoms with Crippen LogP contribution in [0.1, 0.15) is 45.5 Å². The standard InChI is InChI=1S/C22H33N3O7/c1-7-8-18(27)31-12-15(26)11-23-19(13(2)3)22-24-21(25-32-22)14-9-16(28-4)20(30-6)17(10-14)29-5/h9-10,13,15,19,23,26H,7-8,11-12H2,1-6H3/t15-,19-/m0/s1. The first-order chi connectivity index (χ1) is 15.3. The van der Waals surface area contributed by atoms with Crippen LogP contribution in [0.15, 0.2) is 16.7 Å². The molecule has 32 heavy (non-hydrogen) atoms. The summed E-state index contributed by atoms with van der Waals surface area (Å²) < 4.78 is 26.7. The average molecular weight is 452 g/mol. The largest absolute Gasteiger partial charge is 0.493 e. The molecule has 1 aromatic carbocycles. The zero-order chi connectivity index (χ0) is 23.7. The highest BCUT2D eigenvalue weighted by Crippen LogP contribution is 2.40. The maximum atomic E-state index is 11.5. The van der Waals surface area contributed by atoms with E-state index in [1.54, 1.807) is 12.1 Å². The number of ether oxygens (including phenoxy) is 4. The van der Waals surface area contributed by atoms with Gasteiger partial charge < -0.3 is 33.9 Å². The third-order valence-electron chi connectivity index (χ3n) is 4.76. The Kier molecular flexibility index (Phi) is 9.73. The number of aromatic nitrogens is 2. The zero-order valence-electron chi connectivity index (χ0n) is 19.5. The van der Waals surface area contributed by atoms with Gasteiger partial charge in [-0.15, -0.1) is 0 Å². The summed E-state index contributed by atoms with van der Waals surface area (Å²) in [6.45, 7) is 6.01. The van der Waals surface area contributed by atoms with Gasteiger partial charge in [-0.1, -0.05) is 25.9 Å². The van der Waals surface area contributed by atoms with Gasteiger partial charge in [0.05, 0.1) is 27.4 Å². The van der Waals surface area contributed by atoms with E-state index in [9.17, 15) is 9.90 Å². The fourth-order valence-corrected chi connectivity index (χ4v) is 3.08. The van der Waals surface area contributed by atoms with Crippen molar-refractivity contribution in [3.8, 4) is 28.6 Å².